The van der Waals surface area contributed by atoms with Crippen molar-refractivity contribution in [1.82, 2.24) is 10.3 Å². The zero-order valence-electron chi connectivity index (χ0n) is 15.2. The van der Waals surface area contributed by atoms with E-state index in [0.29, 0.717) is 11.6 Å². The molecule has 1 unspecified atom stereocenters. The molecule has 0 bridgehead atoms. The zero-order chi connectivity index (χ0) is 18.5. The van der Waals surface area contributed by atoms with Crippen molar-refractivity contribution in [2.75, 3.05) is 0 Å². The van der Waals surface area contributed by atoms with Gasteiger partial charge in [-0.2, -0.15) is 0 Å². The number of allylic oxidation sites excluding steroid dienone is 2. The van der Waals surface area contributed by atoms with Crippen LogP contribution in [0.4, 0.5) is 0 Å². The second kappa shape index (κ2) is 8.13. The molecule has 5 heteroatoms. The van der Waals surface area contributed by atoms with Crippen molar-refractivity contribution >= 4 is 11.6 Å². The third-order valence-electron chi connectivity index (χ3n) is 4.62. The van der Waals surface area contributed by atoms with E-state index in [0.717, 1.165) is 37.7 Å². The summed E-state index contributed by atoms with van der Waals surface area (Å²) in [5.41, 5.74) is 1.16. The SMILES string of the molecule is CCCCCC(CC)NC1=CC(=O)c2oc(-c3ccccc3)nc2C1=O. The molecule has 2 aromatic rings. The molecule has 5 nitrogen and oxygen atoms in total. The van der Waals surface area contributed by atoms with Crippen LogP contribution >= 0.6 is 0 Å². The third kappa shape index (κ3) is 3.77. The Kier molecular flexibility index (Phi) is 5.66. The summed E-state index contributed by atoms with van der Waals surface area (Å²) in [6, 6.07) is 9.44. The summed E-state index contributed by atoms with van der Waals surface area (Å²) >= 11 is 0. The Bertz CT molecular complexity index is 821. The number of ketones is 2. The number of carbonyl (C=O) groups is 2. The number of carbonyl (C=O) groups excluding carboxylic acids is 2. The summed E-state index contributed by atoms with van der Waals surface area (Å²) in [7, 11) is 0. The highest BCUT2D eigenvalue weighted by atomic mass is 16.4. The molecule has 0 spiro atoms. The summed E-state index contributed by atoms with van der Waals surface area (Å²) in [6.45, 7) is 4.24. The molecule has 0 radical (unpaired) electrons. The van der Waals surface area contributed by atoms with Gasteiger partial charge in [0.05, 0.1) is 5.70 Å². The minimum absolute atomic E-state index is 0.0263. The summed E-state index contributed by atoms with van der Waals surface area (Å²) < 4.78 is 5.58. The molecule has 1 aliphatic rings. The number of aromatic nitrogens is 1. The van der Waals surface area contributed by atoms with Gasteiger partial charge >= 0.3 is 0 Å². The van der Waals surface area contributed by atoms with Gasteiger partial charge in [0.2, 0.25) is 23.2 Å². The quantitative estimate of drug-likeness (QED) is 0.706. The lowest BCUT2D eigenvalue weighted by molar-refractivity contribution is 0.0958. The Morgan fingerprint density at radius 1 is 1.12 bits per heavy atom. The van der Waals surface area contributed by atoms with Crippen molar-refractivity contribution < 1.29 is 14.0 Å². The van der Waals surface area contributed by atoms with Gasteiger partial charge in [0, 0.05) is 17.7 Å². The molecule has 1 aromatic heterocycles. The number of hydrogen-bond acceptors (Lipinski definition) is 5. The molecule has 0 saturated carbocycles. The maximum Gasteiger partial charge on any atom is 0.231 e. The molecule has 1 aliphatic carbocycles. The van der Waals surface area contributed by atoms with Crippen LogP contribution in [0, 0.1) is 0 Å². The number of nitrogens with zero attached hydrogens (tertiary/aromatic N) is 1. The van der Waals surface area contributed by atoms with E-state index < -0.39 is 0 Å². The third-order valence-corrected chi connectivity index (χ3v) is 4.62. The summed E-state index contributed by atoms with van der Waals surface area (Å²) in [5, 5.41) is 3.24. The fourth-order valence-corrected chi connectivity index (χ4v) is 3.08. The van der Waals surface area contributed by atoms with Crippen LogP contribution in [-0.4, -0.2) is 22.6 Å². The van der Waals surface area contributed by atoms with Gasteiger partial charge in [-0.1, -0.05) is 51.3 Å². The second-order valence-corrected chi connectivity index (χ2v) is 6.56. The Balaban J connectivity index is 1.80. The van der Waals surface area contributed by atoms with Crippen LogP contribution in [0.3, 0.4) is 0 Å². The van der Waals surface area contributed by atoms with E-state index in [1.54, 1.807) is 0 Å². The van der Waals surface area contributed by atoms with Crippen molar-refractivity contribution in [3.05, 3.63) is 53.6 Å². The monoisotopic (exact) mass is 352 g/mol. The lowest BCUT2D eigenvalue weighted by atomic mass is 10.0. The van der Waals surface area contributed by atoms with Gasteiger partial charge in [-0.3, -0.25) is 9.59 Å². The van der Waals surface area contributed by atoms with E-state index in [4.69, 9.17) is 4.42 Å². The van der Waals surface area contributed by atoms with E-state index in [2.05, 4.69) is 24.1 Å². The first-order valence-electron chi connectivity index (χ1n) is 9.27. The van der Waals surface area contributed by atoms with Gasteiger partial charge in [0.15, 0.2) is 5.69 Å². The number of rotatable bonds is 8. The molecule has 0 aliphatic heterocycles. The predicted octanol–water partition coefficient (Wildman–Crippen LogP) is 4.55. The van der Waals surface area contributed by atoms with Gasteiger partial charge in [0.1, 0.15) is 0 Å². The lowest BCUT2D eigenvalue weighted by Gasteiger charge is -2.20. The molecule has 1 heterocycles. The molecule has 0 saturated heterocycles. The highest BCUT2D eigenvalue weighted by Gasteiger charge is 2.32. The van der Waals surface area contributed by atoms with Crippen LogP contribution < -0.4 is 5.32 Å². The molecule has 26 heavy (non-hydrogen) atoms. The predicted molar refractivity (Wildman–Crippen MR) is 100 cm³/mol. The summed E-state index contributed by atoms with van der Waals surface area (Å²) in [5.74, 6) is -0.278. The molecule has 1 atom stereocenters. The first-order valence-corrected chi connectivity index (χ1v) is 9.27. The van der Waals surface area contributed by atoms with Crippen LogP contribution in [0.2, 0.25) is 0 Å². The first-order chi connectivity index (χ1) is 12.6. The Morgan fingerprint density at radius 3 is 2.58 bits per heavy atom. The zero-order valence-corrected chi connectivity index (χ0v) is 15.2. The number of Topliss-reactive ketones (excluding diaryl/α,β-unsaturated/α-hetero) is 1. The molecule has 3 rings (SSSR count). The van der Waals surface area contributed by atoms with Crippen LogP contribution in [-0.2, 0) is 0 Å². The number of hydrogen-bond donors (Lipinski definition) is 1. The van der Waals surface area contributed by atoms with Gasteiger partial charge in [-0.15, -0.1) is 0 Å². The van der Waals surface area contributed by atoms with Crippen LogP contribution in [0.1, 0.15) is 67.0 Å². The molecular formula is C21H24N2O3. The normalized spacial score (nSPS) is 14.8. The highest BCUT2D eigenvalue weighted by molar-refractivity contribution is 6.22. The number of benzene rings is 1. The minimum atomic E-state index is -0.319. The molecule has 0 fully saturated rings. The van der Waals surface area contributed by atoms with Crippen LogP contribution in [0.25, 0.3) is 11.5 Å². The Hall–Kier alpha value is -2.69. The molecule has 136 valence electrons. The number of nitrogens with one attached hydrogen (secondary N) is 1. The van der Waals surface area contributed by atoms with E-state index in [1.165, 1.54) is 6.08 Å². The van der Waals surface area contributed by atoms with Crippen molar-refractivity contribution in [2.45, 2.75) is 52.0 Å². The van der Waals surface area contributed by atoms with Crippen molar-refractivity contribution in [2.24, 2.45) is 0 Å². The summed E-state index contributed by atoms with van der Waals surface area (Å²) in [4.78, 5) is 29.5. The molecule has 1 aromatic carbocycles. The van der Waals surface area contributed by atoms with Gasteiger partial charge in [0.25, 0.3) is 0 Å². The van der Waals surface area contributed by atoms with E-state index in [-0.39, 0.29) is 29.1 Å². The summed E-state index contributed by atoms with van der Waals surface area (Å²) in [6.07, 6.45) is 6.63. The van der Waals surface area contributed by atoms with E-state index >= 15 is 0 Å². The fourth-order valence-electron chi connectivity index (χ4n) is 3.08. The molecule has 1 N–H and O–H groups in total. The molecule has 0 amide bonds. The second-order valence-electron chi connectivity index (χ2n) is 6.56. The minimum Gasteiger partial charge on any atom is -0.432 e. The van der Waals surface area contributed by atoms with Gasteiger partial charge < -0.3 is 9.73 Å². The number of oxazole rings is 1. The largest absolute Gasteiger partial charge is 0.432 e. The van der Waals surface area contributed by atoms with E-state index in [9.17, 15) is 9.59 Å². The van der Waals surface area contributed by atoms with Gasteiger partial charge in [-0.25, -0.2) is 4.98 Å². The fraction of sp³-hybridized carbons (Fsp3) is 0.381. The standard InChI is InChI=1S/C21H24N2O3/c1-3-5-7-12-15(4-2)22-16-13-17(24)20-18(19(16)25)23-21(26-20)14-10-8-6-9-11-14/h6,8-11,13,15,22H,3-5,7,12H2,1-2H3. The van der Waals surface area contributed by atoms with Crippen molar-refractivity contribution in [3.8, 4) is 11.5 Å². The average Bonchev–Trinajstić information content (AvgIpc) is 3.12. The highest BCUT2D eigenvalue weighted by Crippen LogP contribution is 2.27. The van der Waals surface area contributed by atoms with Gasteiger partial charge in [-0.05, 0) is 25.0 Å². The van der Waals surface area contributed by atoms with Crippen molar-refractivity contribution in [3.63, 3.8) is 0 Å². The number of unbranched alkanes of at least 4 members (excludes halogenated alkanes) is 2. The Morgan fingerprint density at radius 2 is 1.88 bits per heavy atom. The van der Waals surface area contributed by atoms with Crippen molar-refractivity contribution in [1.29, 1.82) is 0 Å². The average molecular weight is 352 g/mol. The number of fused-ring (bicyclic) bond motifs is 1. The maximum absolute atomic E-state index is 12.8. The Labute approximate surface area is 153 Å². The topological polar surface area (TPSA) is 72.2 Å². The molecular weight excluding hydrogens is 328 g/mol. The lowest BCUT2D eigenvalue weighted by Crippen LogP contribution is -2.34. The van der Waals surface area contributed by atoms with Crippen LogP contribution in [0.15, 0.2) is 46.5 Å². The maximum atomic E-state index is 12.8. The first kappa shape index (κ1) is 18.1. The smallest absolute Gasteiger partial charge is 0.231 e. The van der Waals surface area contributed by atoms with E-state index in [1.807, 2.05) is 30.3 Å². The van der Waals surface area contributed by atoms with Crippen LogP contribution in [0.5, 0.6) is 0 Å².